The van der Waals surface area contributed by atoms with E-state index in [1.807, 2.05) is 0 Å². The van der Waals surface area contributed by atoms with Crippen LogP contribution in [0.3, 0.4) is 0 Å². The van der Waals surface area contributed by atoms with Gasteiger partial charge in [-0.1, -0.05) is 0 Å². The summed E-state index contributed by atoms with van der Waals surface area (Å²) >= 11 is 4.99. The Morgan fingerprint density at radius 1 is 1.70 bits per heavy atom. The first-order valence-electron chi connectivity index (χ1n) is 2.45. The van der Waals surface area contributed by atoms with Gasteiger partial charge in [-0.15, -0.1) is 0 Å². The molecule has 10 heavy (non-hydrogen) atoms. The summed E-state index contributed by atoms with van der Waals surface area (Å²) in [6, 6.07) is 0. The fraction of sp³-hybridized carbons (Fsp3) is 0. The molecule has 1 aromatic heterocycles. The number of hydrogen-bond acceptors (Lipinski definition) is 3. The summed E-state index contributed by atoms with van der Waals surface area (Å²) in [7, 11) is 0. The van der Waals surface area contributed by atoms with Crippen LogP contribution in [0.15, 0.2) is 17.2 Å². The van der Waals surface area contributed by atoms with E-state index in [-0.39, 0.29) is 5.69 Å². The molecule has 0 radical (unpaired) electrons. The number of H-pyrrole nitrogens is 1. The quantitative estimate of drug-likeness (QED) is 0.592. The van der Waals surface area contributed by atoms with E-state index in [2.05, 4.69) is 9.97 Å². The third kappa shape index (κ3) is 1.22. The molecular formula is C5H3ClN2O2. The van der Waals surface area contributed by atoms with E-state index >= 15 is 0 Å². The fourth-order valence-electron chi connectivity index (χ4n) is 0.492. The van der Waals surface area contributed by atoms with Gasteiger partial charge >= 0.3 is 0 Å². The van der Waals surface area contributed by atoms with E-state index in [0.717, 1.165) is 0 Å². The molecule has 5 heteroatoms. The Kier molecular flexibility index (Phi) is 1.82. The first kappa shape index (κ1) is 6.95. The Hall–Kier alpha value is -1.16. The minimum Gasteiger partial charge on any atom is -0.326 e. The standard InChI is InChI=1S/C5H3ClN2O2/c6-4(9)3-5(10)8-2-1-7-3/h1-2H,(H,8,10). The van der Waals surface area contributed by atoms with Gasteiger partial charge in [-0.2, -0.15) is 0 Å². The highest BCUT2D eigenvalue weighted by Gasteiger charge is 2.06. The maximum atomic E-state index is 10.6. The first-order valence-corrected chi connectivity index (χ1v) is 2.83. The molecule has 0 saturated carbocycles. The molecule has 1 rings (SSSR count). The Balaban J connectivity index is 3.29. The second-order valence-corrected chi connectivity index (χ2v) is 1.88. The van der Waals surface area contributed by atoms with Crippen LogP contribution in [-0.4, -0.2) is 15.2 Å². The molecule has 0 bridgehead atoms. The van der Waals surface area contributed by atoms with Crippen molar-refractivity contribution in [3.8, 4) is 0 Å². The molecule has 0 unspecified atom stereocenters. The van der Waals surface area contributed by atoms with Crippen molar-refractivity contribution in [2.24, 2.45) is 0 Å². The second-order valence-electron chi connectivity index (χ2n) is 1.54. The summed E-state index contributed by atoms with van der Waals surface area (Å²) in [5.74, 6) is 0. The molecule has 0 aromatic carbocycles. The molecular weight excluding hydrogens is 156 g/mol. The Labute approximate surface area is 60.9 Å². The second kappa shape index (κ2) is 2.62. The van der Waals surface area contributed by atoms with Gasteiger partial charge in [-0.25, -0.2) is 4.98 Å². The predicted octanol–water partition coefficient (Wildman–Crippen LogP) is 0.149. The average Bonchev–Trinajstić information content (AvgIpc) is 1.88. The summed E-state index contributed by atoms with van der Waals surface area (Å²) in [5.41, 5.74) is -0.841. The Morgan fingerprint density at radius 3 is 2.80 bits per heavy atom. The van der Waals surface area contributed by atoms with E-state index < -0.39 is 10.8 Å². The summed E-state index contributed by atoms with van der Waals surface area (Å²) < 4.78 is 0. The maximum Gasteiger partial charge on any atom is 0.278 e. The highest BCUT2D eigenvalue weighted by Crippen LogP contribution is 1.88. The Morgan fingerprint density at radius 2 is 2.40 bits per heavy atom. The van der Waals surface area contributed by atoms with E-state index in [1.165, 1.54) is 12.4 Å². The van der Waals surface area contributed by atoms with E-state index in [4.69, 9.17) is 11.6 Å². The molecule has 0 atom stereocenters. The van der Waals surface area contributed by atoms with Gasteiger partial charge in [0.2, 0.25) is 0 Å². The van der Waals surface area contributed by atoms with Gasteiger partial charge in [0.15, 0.2) is 5.69 Å². The monoisotopic (exact) mass is 158 g/mol. The minimum atomic E-state index is -0.846. The van der Waals surface area contributed by atoms with Crippen LogP contribution in [-0.2, 0) is 0 Å². The number of carbonyl (C=O) groups is 1. The normalized spacial score (nSPS) is 9.30. The van der Waals surface area contributed by atoms with Gasteiger partial charge in [0.25, 0.3) is 10.8 Å². The van der Waals surface area contributed by atoms with Crippen molar-refractivity contribution in [2.75, 3.05) is 0 Å². The van der Waals surface area contributed by atoms with Gasteiger partial charge in [0, 0.05) is 12.4 Å². The minimum absolute atomic E-state index is 0.274. The molecule has 0 aliphatic carbocycles. The number of aromatic nitrogens is 2. The molecule has 0 fully saturated rings. The molecule has 1 N–H and O–H groups in total. The topological polar surface area (TPSA) is 62.8 Å². The highest BCUT2D eigenvalue weighted by molar-refractivity contribution is 6.67. The number of hydrogen-bond donors (Lipinski definition) is 1. The molecule has 0 aliphatic rings. The third-order valence-electron chi connectivity index (χ3n) is 0.894. The van der Waals surface area contributed by atoms with Crippen LogP contribution in [0.1, 0.15) is 10.5 Å². The summed E-state index contributed by atoms with van der Waals surface area (Å²) in [6.07, 6.45) is 2.61. The smallest absolute Gasteiger partial charge is 0.278 e. The van der Waals surface area contributed by atoms with Gasteiger partial charge < -0.3 is 4.98 Å². The zero-order valence-corrected chi connectivity index (χ0v) is 5.55. The van der Waals surface area contributed by atoms with Gasteiger partial charge in [0.05, 0.1) is 0 Å². The lowest BCUT2D eigenvalue weighted by molar-refractivity contribution is 0.107. The predicted molar refractivity (Wildman–Crippen MR) is 35.0 cm³/mol. The van der Waals surface area contributed by atoms with E-state index in [1.54, 1.807) is 0 Å². The molecule has 1 heterocycles. The van der Waals surface area contributed by atoms with Gasteiger partial charge in [-0.3, -0.25) is 9.59 Å². The van der Waals surface area contributed by atoms with Crippen LogP contribution in [0.4, 0.5) is 0 Å². The number of rotatable bonds is 1. The van der Waals surface area contributed by atoms with Crippen molar-refractivity contribution in [1.29, 1.82) is 0 Å². The third-order valence-corrected chi connectivity index (χ3v) is 1.07. The average molecular weight is 159 g/mol. The molecule has 0 amide bonds. The fourth-order valence-corrected chi connectivity index (χ4v) is 0.626. The number of carbonyl (C=O) groups excluding carboxylic acids is 1. The van der Waals surface area contributed by atoms with Crippen LogP contribution in [0.25, 0.3) is 0 Å². The van der Waals surface area contributed by atoms with Crippen LogP contribution in [0, 0.1) is 0 Å². The van der Waals surface area contributed by atoms with E-state index in [9.17, 15) is 9.59 Å². The number of halogens is 1. The highest BCUT2D eigenvalue weighted by atomic mass is 35.5. The maximum absolute atomic E-state index is 10.6. The molecule has 0 saturated heterocycles. The number of nitrogens with one attached hydrogen (secondary N) is 1. The van der Waals surface area contributed by atoms with Gasteiger partial charge in [0.1, 0.15) is 0 Å². The van der Waals surface area contributed by atoms with Crippen molar-refractivity contribution in [1.82, 2.24) is 9.97 Å². The number of nitrogens with zero attached hydrogens (tertiary/aromatic N) is 1. The van der Waals surface area contributed by atoms with Crippen molar-refractivity contribution >= 4 is 16.8 Å². The van der Waals surface area contributed by atoms with Crippen LogP contribution in [0.2, 0.25) is 0 Å². The lowest BCUT2D eigenvalue weighted by atomic mass is 10.5. The zero-order valence-electron chi connectivity index (χ0n) is 4.80. The molecule has 52 valence electrons. The first-order chi connectivity index (χ1) is 4.72. The van der Waals surface area contributed by atoms with Crippen LogP contribution >= 0.6 is 11.6 Å². The largest absolute Gasteiger partial charge is 0.326 e. The molecule has 0 spiro atoms. The summed E-state index contributed by atoms with van der Waals surface area (Å²) in [5, 5.41) is -0.846. The lowest BCUT2D eigenvalue weighted by Gasteiger charge is -1.86. The summed E-state index contributed by atoms with van der Waals surface area (Å²) in [4.78, 5) is 26.7. The Bertz CT molecular complexity index is 307. The van der Waals surface area contributed by atoms with Crippen molar-refractivity contribution in [3.63, 3.8) is 0 Å². The van der Waals surface area contributed by atoms with Crippen molar-refractivity contribution in [2.45, 2.75) is 0 Å². The molecule has 1 aromatic rings. The van der Waals surface area contributed by atoms with Crippen LogP contribution in [0.5, 0.6) is 0 Å². The SMILES string of the molecule is O=C(Cl)c1ncc[nH]c1=O. The van der Waals surface area contributed by atoms with Crippen molar-refractivity contribution in [3.05, 3.63) is 28.4 Å². The molecule has 0 aliphatic heterocycles. The van der Waals surface area contributed by atoms with Gasteiger partial charge in [-0.05, 0) is 11.6 Å². The molecule has 4 nitrogen and oxygen atoms in total. The summed E-state index contributed by atoms with van der Waals surface area (Å²) in [6.45, 7) is 0. The van der Waals surface area contributed by atoms with Crippen LogP contribution < -0.4 is 5.56 Å². The van der Waals surface area contributed by atoms with E-state index in [0.29, 0.717) is 0 Å². The zero-order chi connectivity index (χ0) is 7.56. The number of aromatic amines is 1. The lowest BCUT2D eigenvalue weighted by Crippen LogP contribution is -2.15. The van der Waals surface area contributed by atoms with Crippen molar-refractivity contribution < 1.29 is 4.79 Å².